The Hall–Kier alpha value is -4.40. The number of alkyl halides is 3. The van der Waals surface area contributed by atoms with Gasteiger partial charge in [0.1, 0.15) is 18.2 Å². The monoisotopic (exact) mass is 553 g/mol. The van der Waals surface area contributed by atoms with E-state index >= 15 is 0 Å². The third-order valence-electron chi connectivity index (χ3n) is 6.45. The third kappa shape index (κ3) is 8.05. The van der Waals surface area contributed by atoms with Gasteiger partial charge in [0.15, 0.2) is 0 Å². The molecular formula is C31H27F4NO4. The maximum atomic E-state index is 13.4. The molecule has 9 heteroatoms. The molecule has 5 nitrogen and oxygen atoms in total. The number of hydrogen-bond donors (Lipinski definition) is 2. The second kappa shape index (κ2) is 12.6. The van der Waals surface area contributed by atoms with E-state index in [2.05, 4.69) is 5.32 Å². The van der Waals surface area contributed by atoms with Gasteiger partial charge in [-0.2, -0.15) is 13.2 Å². The number of ether oxygens (including phenoxy) is 1. The Balaban J connectivity index is 1.53. The number of halogens is 4. The van der Waals surface area contributed by atoms with Crippen LogP contribution in [0.15, 0.2) is 84.9 Å². The number of aliphatic carboxylic acids is 1. The Bertz CT molecular complexity index is 1490. The number of carbonyl (C=O) groups is 2. The quantitative estimate of drug-likeness (QED) is 0.192. The molecule has 4 aromatic rings. The van der Waals surface area contributed by atoms with Crippen LogP contribution in [-0.2, 0) is 11.4 Å². The summed E-state index contributed by atoms with van der Waals surface area (Å²) >= 11 is 0. The summed E-state index contributed by atoms with van der Waals surface area (Å²) in [7, 11) is 0. The second-order valence-corrected chi connectivity index (χ2v) is 9.42. The predicted molar refractivity (Wildman–Crippen MR) is 143 cm³/mol. The number of carboxylic acids is 1. The maximum Gasteiger partial charge on any atom is 0.389 e. The lowest BCUT2D eigenvalue weighted by atomic mass is 9.86. The Kier molecular flexibility index (Phi) is 9.04. The number of nitrogens with one attached hydrogen (secondary N) is 1. The number of carboxylic acid groups (broad SMARTS) is 1. The second-order valence-electron chi connectivity index (χ2n) is 9.42. The minimum absolute atomic E-state index is 0.0290. The molecule has 0 aliphatic carbocycles. The Morgan fingerprint density at radius 1 is 0.875 bits per heavy atom. The van der Waals surface area contributed by atoms with E-state index in [-0.39, 0.29) is 37.4 Å². The molecule has 40 heavy (non-hydrogen) atoms. The van der Waals surface area contributed by atoms with Gasteiger partial charge in [-0.3, -0.25) is 9.59 Å². The molecule has 0 radical (unpaired) electrons. The highest BCUT2D eigenvalue weighted by Gasteiger charge is 2.29. The van der Waals surface area contributed by atoms with Gasteiger partial charge in [0.2, 0.25) is 0 Å². The summed E-state index contributed by atoms with van der Waals surface area (Å²) in [5, 5.41) is 12.9. The molecule has 0 aliphatic rings. The Morgan fingerprint density at radius 3 is 2.27 bits per heavy atom. The fourth-order valence-corrected chi connectivity index (χ4v) is 4.43. The summed E-state index contributed by atoms with van der Waals surface area (Å²) in [6, 6.07) is 23.3. The van der Waals surface area contributed by atoms with Crippen LogP contribution in [0, 0.1) is 5.82 Å². The molecule has 0 saturated heterocycles. The molecule has 0 fully saturated rings. The molecule has 1 amide bonds. The van der Waals surface area contributed by atoms with Crippen molar-refractivity contribution in [2.75, 3.05) is 6.54 Å². The van der Waals surface area contributed by atoms with Crippen LogP contribution < -0.4 is 10.1 Å². The standard InChI is InChI=1S/C31H27F4NO4/c32-26-3-1-2-20(16-26)19-40-27-11-10-23-17-25(9-8-24(23)18-27)28(12-14-31(33,34)35)21-4-6-22(7-5-21)30(39)36-15-13-29(37)38/h1-11,16-18,28H,12-15,19H2,(H,36,39)(H,37,38). The minimum Gasteiger partial charge on any atom is -0.489 e. The van der Waals surface area contributed by atoms with E-state index in [9.17, 15) is 27.2 Å². The fourth-order valence-electron chi connectivity index (χ4n) is 4.43. The summed E-state index contributed by atoms with van der Waals surface area (Å²) in [4.78, 5) is 22.9. The van der Waals surface area contributed by atoms with Crippen LogP contribution in [0.2, 0.25) is 0 Å². The number of hydrogen-bond acceptors (Lipinski definition) is 3. The predicted octanol–water partition coefficient (Wildman–Crippen LogP) is 7.24. The van der Waals surface area contributed by atoms with Crippen LogP contribution in [0.1, 0.15) is 52.2 Å². The van der Waals surface area contributed by atoms with E-state index in [0.717, 1.165) is 10.8 Å². The van der Waals surface area contributed by atoms with Crippen molar-refractivity contribution >= 4 is 22.6 Å². The van der Waals surface area contributed by atoms with Crippen LogP contribution in [-0.4, -0.2) is 29.7 Å². The van der Waals surface area contributed by atoms with Crippen LogP contribution in [0.25, 0.3) is 10.8 Å². The third-order valence-corrected chi connectivity index (χ3v) is 6.45. The van der Waals surface area contributed by atoms with Gasteiger partial charge in [-0.1, -0.05) is 48.5 Å². The summed E-state index contributed by atoms with van der Waals surface area (Å²) in [5.41, 5.74) is 2.30. The fraction of sp³-hybridized carbons (Fsp3) is 0.226. The molecule has 4 aromatic carbocycles. The first-order chi connectivity index (χ1) is 19.1. The Morgan fingerprint density at radius 2 is 1.57 bits per heavy atom. The van der Waals surface area contributed by atoms with Crippen LogP contribution in [0.5, 0.6) is 5.75 Å². The molecule has 0 aromatic heterocycles. The molecule has 2 N–H and O–H groups in total. The highest BCUT2D eigenvalue weighted by Crippen LogP contribution is 2.35. The SMILES string of the molecule is O=C(O)CCNC(=O)c1ccc(C(CCC(F)(F)F)c2ccc3cc(OCc4cccc(F)c4)ccc3c2)cc1. The van der Waals surface area contributed by atoms with Crippen molar-refractivity contribution < 1.29 is 37.0 Å². The van der Waals surface area contributed by atoms with Gasteiger partial charge in [0, 0.05) is 24.4 Å². The first-order valence-corrected chi connectivity index (χ1v) is 12.6. The number of carbonyl (C=O) groups excluding carboxylic acids is 1. The van der Waals surface area contributed by atoms with Crippen molar-refractivity contribution in [1.29, 1.82) is 0 Å². The smallest absolute Gasteiger partial charge is 0.389 e. The normalized spacial score (nSPS) is 12.2. The maximum absolute atomic E-state index is 13.4. The van der Waals surface area contributed by atoms with Gasteiger partial charge >= 0.3 is 12.1 Å². The van der Waals surface area contributed by atoms with Crippen LogP contribution in [0.3, 0.4) is 0 Å². The van der Waals surface area contributed by atoms with Gasteiger partial charge in [0.05, 0.1) is 6.42 Å². The number of amides is 1. The zero-order chi connectivity index (χ0) is 28.7. The molecule has 208 valence electrons. The summed E-state index contributed by atoms with van der Waals surface area (Å²) in [5.74, 6) is -1.83. The summed E-state index contributed by atoms with van der Waals surface area (Å²) in [6.07, 6.45) is -5.69. The molecule has 0 saturated carbocycles. The van der Waals surface area contributed by atoms with Gasteiger partial charge in [-0.25, -0.2) is 4.39 Å². The van der Waals surface area contributed by atoms with E-state index in [1.165, 1.54) is 24.3 Å². The first-order valence-electron chi connectivity index (χ1n) is 12.6. The lowest BCUT2D eigenvalue weighted by molar-refractivity contribution is -0.137. The number of benzene rings is 4. The van der Waals surface area contributed by atoms with E-state index < -0.39 is 30.4 Å². The topological polar surface area (TPSA) is 75.6 Å². The molecule has 4 rings (SSSR count). The molecule has 0 aliphatic heterocycles. The molecule has 1 atom stereocenters. The van der Waals surface area contributed by atoms with E-state index in [0.29, 0.717) is 22.4 Å². The van der Waals surface area contributed by atoms with Crippen molar-refractivity contribution in [2.45, 2.75) is 38.0 Å². The largest absolute Gasteiger partial charge is 0.489 e. The van der Waals surface area contributed by atoms with Crippen molar-refractivity contribution in [2.24, 2.45) is 0 Å². The van der Waals surface area contributed by atoms with Crippen molar-refractivity contribution in [3.05, 3.63) is 113 Å². The van der Waals surface area contributed by atoms with E-state index in [1.54, 1.807) is 36.4 Å². The van der Waals surface area contributed by atoms with Crippen molar-refractivity contribution in [3.8, 4) is 5.75 Å². The average molecular weight is 554 g/mol. The zero-order valence-corrected chi connectivity index (χ0v) is 21.4. The lowest BCUT2D eigenvalue weighted by Gasteiger charge is -2.20. The van der Waals surface area contributed by atoms with Gasteiger partial charge < -0.3 is 15.2 Å². The van der Waals surface area contributed by atoms with E-state index in [1.807, 2.05) is 24.3 Å². The Labute approximate surface area is 228 Å². The lowest BCUT2D eigenvalue weighted by Crippen LogP contribution is -2.25. The molecule has 0 heterocycles. The molecule has 0 bridgehead atoms. The first kappa shape index (κ1) is 28.6. The summed E-state index contributed by atoms with van der Waals surface area (Å²) in [6.45, 7) is 0.160. The minimum atomic E-state index is -4.33. The zero-order valence-electron chi connectivity index (χ0n) is 21.4. The molecule has 1 unspecified atom stereocenters. The van der Waals surface area contributed by atoms with Crippen LogP contribution >= 0.6 is 0 Å². The molecule has 0 spiro atoms. The highest BCUT2D eigenvalue weighted by molar-refractivity contribution is 5.94. The number of rotatable bonds is 11. The van der Waals surface area contributed by atoms with Crippen LogP contribution in [0.4, 0.5) is 17.6 Å². The van der Waals surface area contributed by atoms with Gasteiger partial charge in [0.25, 0.3) is 5.91 Å². The highest BCUT2D eigenvalue weighted by atomic mass is 19.4. The summed E-state index contributed by atoms with van der Waals surface area (Å²) < 4.78 is 58.7. The van der Waals surface area contributed by atoms with Gasteiger partial charge in [-0.15, -0.1) is 0 Å². The average Bonchev–Trinajstić information content (AvgIpc) is 2.91. The van der Waals surface area contributed by atoms with Gasteiger partial charge in [-0.05, 0) is 70.3 Å². The van der Waals surface area contributed by atoms with E-state index in [4.69, 9.17) is 9.84 Å². The molecular weight excluding hydrogens is 526 g/mol. The van der Waals surface area contributed by atoms with Crippen molar-refractivity contribution in [3.63, 3.8) is 0 Å². The number of fused-ring (bicyclic) bond motifs is 1. The van der Waals surface area contributed by atoms with Crippen molar-refractivity contribution in [1.82, 2.24) is 5.32 Å².